The molecule has 2 heteroatoms. The van der Waals surface area contributed by atoms with Gasteiger partial charge in [-0.2, -0.15) is 0 Å². The van der Waals surface area contributed by atoms with Crippen molar-refractivity contribution in [1.29, 1.82) is 0 Å². The summed E-state index contributed by atoms with van der Waals surface area (Å²) in [4.78, 5) is 0. The summed E-state index contributed by atoms with van der Waals surface area (Å²) >= 11 is 0. The van der Waals surface area contributed by atoms with Crippen molar-refractivity contribution in [3.63, 3.8) is 0 Å². The van der Waals surface area contributed by atoms with Crippen molar-refractivity contribution in [3.8, 4) is 0 Å². The highest BCUT2D eigenvalue weighted by molar-refractivity contribution is 4.62. The number of ether oxygens (including phenoxy) is 2. The summed E-state index contributed by atoms with van der Waals surface area (Å²) in [6.07, 6.45) is 1.07. The third kappa shape index (κ3) is 17.9. The van der Waals surface area contributed by atoms with Gasteiger partial charge in [-0.25, -0.2) is 0 Å². The summed E-state index contributed by atoms with van der Waals surface area (Å²) in [6.45, 7) is 12.3. The minimum atomic E-state index is 0. The average molecular weight is 206 g/mol. The number of rotatable bonds is 2. The van der Waals surface area contributed by atoms with Gasteiger partial charge in [-0.15, -0.1) is 0 Å². The molecule has 0 saturated carbocycles. The lowest BCUT2D eigenvalue weighted by molar-refractivity contribution is 0.0196. The smallest absolute Gasteiger partial charge is 0.0620 e. The van der Waals surface area contributed by atoms with E-state index in [0.717, 1.165) is 6.42 Å². The fraction of sp³-hybridized carbons (Fsp3) is 1.00. The van der Waals surface area contributed by atoms with Gasteiger partial charge in [-0.1, -0.05) is 14.4 Å². The van der Waals surface area contributed by atoms with Gasteiger partial charge in [0.05, 0.1) is 11.2 Å². The standard InChI is InChI=1S/C6H14O.C5H12O.CH4/c1-5-6(2,3)7-4;1-5(2,3)6-4;/h5H2,1-4H3;1-4H3;1H4. The van der Waals surface area contributed by atoms with Crippen LogP contribution in [0, 0.1) is 0 Å². The van der Waals surface area contributed by atoms with Crippen LogP contribution in [0.25, 0.3) is 0 Å². The first-order valence-electron chi connectivity index (χ1n) is 4.79. The molecule has 0 atom stereocenters. The van der Waals surface area contributed by atoms with Crippen molar-refractivity contribution >= 4 is 0 Å². The number of hydrogen-bond donors (Lipinski definition) is 0. The zero-order chi connectivity index (χ0) is 11.1. The van der Waals surface area contributed by atoms with E-state index in [-0.39, 0.29) is 18.6 Å². The Morgan fingerprint density at radius 2 is 1.14 bits per heavy atom. The molecule has 0 spiro atoms. The summed E-state index contributed by atoms with van der Waals surface area (Å²) in [5, 5.41) is 0. The van der Waals surface area contributed by atoms with Gasteiger partial charge in [0.25, 0.3) is 0 Å². The Bertz CT molecular complexity index is 106. The summed E-state index contributed by atoms with van der Waals surface area (Å²) in [5.41, 5.74) is 0.125. The Kier molecular flexibility index (Phi) is 11.5. The molecule has 2 nitrogen and oxygen atoms in total. The molecule has 14 heavy (non-hydrogen) atoms. The van der Waals surface area contributed by atoms with Crippen molar-refractivity contribution in [2.75, 3.05) is 14.2 Å². The van der Waals surface area contributed by atoms with Crippen LogP contribution in [0.2, 0.25) is 0 Å². The van der Waals surface area contributed by atoms with Crippen LogP contribution in [0.4, 0.5) is 0 Å². The summed E-state index contributed by atoms with van der Waals surface area (Å²) in [5.74, 6) is 0. The molecule has 0 unspecified atom stereocenters. The van der Waals surface area contributed by atoms with Crippen molar-refractivity contribution in [3.05, 3.63) is 0 Å². The predicted octanol–water partition coefficient (Wildman–Crippen LogP) is 3.89. The van der Waals surface area contributed by atoms with E-state index in [1.807, 2.05) is 20.8 Å². The number of methoxy groups -OCH3 is 2. The van der Waals surface area contributed by atoms with E-state index < -0.39 is 0 Å². The van der Waals surface area contributed by atoms with Crippen LogP contribution in [-0.4, -0.2) is 25.4 Å². The normalized spacial score (nSPS) is 11.1. The van der Waals surface area contributed by atoms with E-state index in [9.17, 15) is 0 Å². The van der Waals surface area contributed by atoms with Crippen LogP contribution < -0.4 is 0 Å². The molecule has 0 rings (SSSR count). The number of hydrogen-bond acceptors (Lipinski definition) is 2. The molecule has 0 aliphatic carbocycles. The zero-order valence-corrected chi connectivity index (χ0v) is 10.5. The van der Waals surface area contributed by atoms with Crippen LogP contribution in [0.5, 0.6) is 0 Å². The minimum absolute atomic E-state index is 0. The molecule has 0 aliphatic rings. The maximum absolute atomic E-state index is 5.09. The molecule has 0 radical (unpaired) electrons. The Morgan fingerprint density at radius 3 is 1.14 bits per heavy atom. The summed E-state index contributed by atoms with van der Waals surface area (Å²) in [6, 6.07) is 0. The van der Waals surface area contributed by atoms with Gasteiger partial charge in [0.1, 0.15) is 0 Å². The van der Waals surface area contributed by atoms with Crippen molar-refractivity contribution in [2.24, 2.45) is 0 Å². The van der Waals surface area contributed by atoms with Gasteiger partial charge in [-0.3, -0.25) is 0 Å². The highest BCUT2D eigenvalue weighted by Gasteiger charge is 2.10. The quantitative estimate of drug-likeness (QED) is 0.682. The van der Waals surface area contributed by atoms with Crippen LogP contribution in [0.3, 0.4) is 0 Å². The SMILES string of the molecule is C.CCC(C)(C)OC.COC(C)(C)C. The van der Waals surface area contributed by atoms with Crippen LogP contribution >= 0.6 is 0 Å². The minimum Gasteiger partial charge on any atom is -0.379 e. The Hall–Kier alpha value is -0.0800. The van der Waals surface area contributed by atoms with Gasteiger partial charge in [0.2, 0.25) is 0 Å². The van der Waals surface area contributed by atoms with E-state index in [1.165, 1.54) is 0 Å². The molecule has 0 heterocycles. The molecule has 90 valence electrons. The van der Waals surface area contributed by atoms with E-state index in [0.29, 0.717) is 0 Å². The Labute approximate surface area is 91.0 Å². The van der Waals surface area contributed by atoms with Gasteiger partial charge in [0.15, 0.2) is 0 Å². The fourth-order valence-corrected chi connectivity index (χ4v) is 0.144. The molecule has 0 aromatic carbocycles. The largest absolute Gasteiger partial charge is 0.379 e. The lowest BCUT2D eigenvalue weighted by atomic mass is 10.1. The second-order valence-electron chi connectivity index (χ2n) is 4.63. The van der Waals surface area contributed by atoms with Gasteiger partial charge < -0.3 is 9.47 Å². The van der Waals surface area contributed by atoms with E-state index in [1.54, 1.807) is 14.2 Å². The highest BCUT2D eigenvalue weighted by Crippen LogP contribution is 2.10. The predicted molar refractivity (Wildman–Crippen MR) is 64.9 cm³/mol. The van der Waals surface area contributed by atoms with E-state index in [4.69, 9.17) is 9.47 Å². The molecule has 0 amide bonds. The summed E-state index contributed by atoms with van der Waals surface area (Å²) < 4.78 is 10.0. The molecule has 0 fully saturated rings. The second-order valence-corrected chi connectivity index (χ2v) is 4.63. The van der Waals surface area contributed by atoms with Gasteiger partial charge >= 0.3 is 0 Å². The first-order chi connectivity index (χ1) is 5.68. The first kappa shape index (κ1) is 19.5. The molecule has 0 saturated heterocycles. The molecular formula is C12H30O2. The van der Waals surface area contributed by atoms with Gasteiger partial charge in [-0.05, 0) is 41.0 Å². The summed E-state index contributed by atoms with van der Waals surface area (Å²) in [7, 11) is 3.45. The van der Waals surface area contributed by atoms with Gasteiger partial charge in [0, 0.05) is 14.2 Å². The zero-order valence-electron chi connectivity index (χ0n) is 10.5. The molecule has 0 aliphatic heterocycles. The van der Waals surface area contributed by atoms with Crippen molar-refractivity contribution in [1.82, 2.24) is 0 Å². The Morgan fingerprint density at radius 1 is 0.857 bits per heavy atom. The molecule has 0 aromatic rings. The molecule has 0 bridgehead atoms. The van der Waals surface area contributed by atoms with Crippen molar-refractivity contribution in [2.45, 2.75) is 66.6 Å². The second kappa shape index (κ2) is 8.25. The van der Waals surface area contributed by atoms with E-state index >= 15 is 0 Å². The maximum atomic E-state index is 5.09. The fourth-order valence-electron chi connectivity index (χ4n) is 0.144. The first-order valence-corrected chi connectivity index (χ1v) is 4.79. The molecular weight excluding hydrogens is 176 g/mol. The van der Waals surface area contributed by atoms with Crippen LogP contribution in [0.1, 0.15) is 55.4 Å². The topological polar surface area (TPSA) is 18.5 Å². The molecule has 0 aromatic heterocycles. The van der Waals surface area contributed by atoms with Crippen LogP contribution in [-0.2, 0) is 9.47 Å². The lowest BCUT2D eigenvalue weighted by Gasteiger charge is -2.19. The molecule has 0 N–H and O–H groups in total. The van der Waals surface area contributed by atoms with Crippen molar-refractivity contribution < 1.29 is 9.47 Å². The van der Waals surface area contributed by atoms with Crippen LogP contribution in [0.15, 0.2) is 0 Å². The maximum Gasteiger partial charge on any atom is 0.0620 e. The Balaban J connectivity index is -0.000000163. The third-order valence-electron chi connectivity index (χ3n) is 2.02. The average Bonchev–Trinajstić information content (AvgIpc) is 2.04. The lowest BCUT2D eigenvalue weighted by Crippen LogP contribution is -2.20. The van der Waals surface area contributed by atoms with E-state index in [2.05, 4.69) is 20.8 Å². The monoisotopic (exact) mass is 206 g/mol. The third-order valence-corrected chi connectivity index (χ3v) is 2.02. The highest BCUT2D eigenvalue weighted by atomic mass is 16.5.